The number of piperidine rings is 1. The predicted octanol–water partition coefficient (Wildman–Crippen LogP) is 4.35. The molecule has 2 saturated heterocycles. The Kier molecular flexibility index (Phi) is 9.96. The Balaban J connectivity index is 1.17. The third-order valence-corrected chi connectivity index (χ3v) is 10.8. The third kappa shape index (κ3) is 7.04. The number of rotatable bonds is 7. The van der Waals surface area contributed by atoms with Crippen molar-refractivity contribution in [3.8, 4) is 17.1 Å². The number of morpholine rings is 1. The van der Waals surface area contributed by atoms with Gasteiger partial charge in [-0.05, 0) is 62.6 Å². The lowest BCUT2D eigenvalue weighted by atomic mass is 9.85. The van der Waals surface area contributed by atoms with E-state index in [-0.39, 0.29) is 77.6 Å². The van der Waals surface area contributed by atoms with Crippen LogP contribution in [0.25, 0.3) is 17.2 Å². The number of fused-ring (bicyclic) bond motifs is 3. The number of amides is 2. The molecule has 2 N–H and O–H groups in total. The van der Waals surface area contributed by atoms with Crippen molar-refractivity contribution in [3.05, 3.63) is 98.5 Å². The fourth-order valence-corrected chi connectivity index (χ4v) is 7.84. The smallest absolute Gasteiger partial charge is 0.416 e. The molecule has 5 aromatic rings. The Hall–Kier alpha value is -5.86. The first-order valence-electron chi connectivity index (χ1n) is 18.4. The molecule has 304 valence electrons. The second-order valence-corrected chi connectivity index (χ2v) is 14.4. The number of aromatic hydroxyl groups is 1. The number of carbonyl (C=O) groups is 2. The van der Waals surface area contributed by atoms with Gasteiger partial charge in [-0.15, -0.1) is 5.10 Å². The highest BCUT2D eigenvalue weighted by Gasteiger charge is 2.51. The standard InChI is InChI=1S/C38H36F5N9O6/c1-20-32(54)30(45-19-44-20)35(56)50-9-7-37(8-10-50)29-31(21(2)58-37)51(18-28(53)46-27-6-4-23(16-26(27)40)38(41,42)43)36-47-33(48-52(36)34(29)55)24-5-3-22(15-25(24)39)17-49-11-13-57-14-12-49/h3-6,15-16,19,21,54H,7-14,17-18H2,1-2H3,(H,46,53). The van der Waals surface area contributed by atoms with Crippen LogP contribution >= 0.6 is 0 Å². The van der Waals surface area contributed by atoms with Gasteiger partial charge in [-0.1, -0.05) is 6.07 Å². The van der Waals surface area contributed by atoms with Crippen molar-refractivity contribution in [2.45, 2.75) is 57.7 Å². The van der Waals surface area contributed by atoms with Gasteiger partial charge in [0.15, 0.2) is 17.3 Å². The molecule has 3 aliphatic rings. The number of hydrogen-bond acceptors (Lipinski definition) is 11. The number of halogens is 5. The molecular formula is C38H36F5N9O6. The number of benzene rings is 2. The summed E-state index contributed by atoms with van der Waals surface area (Å²) < 4.78 is 84.4. The summed E-state index contributed by atoms with van der Waals surface area (Å²) in [5, 5.41) is 17.2. The number of ether oxygens (including phenoxy) is 2. The van der Waals surface area contributed by atoms with E-state index in [1.54, 1.807) is 13.0 Å². The van der Waals surface area contributed by atoms with Crippen LogP contribution in [0.5, 0.6) is 5.75 Å². The van der Waals surface area contributed by atoms with Gasteiger partial charge >= 0.3 is 6.18 Å². The fourth-order valence-electron chi connectivity index (χ4n) is 7.84. The van der Waals surface area contributed by atoms with E-state index in [0.717, 1.165) is 10.6 Å². The number of likely N-dealkylation sites (tertiary alicyclic amines) is 1. The molecule has 0 radical (unpaired) electrons. The van der Waals surface area contributed by atoms with E-state index in [1.807, 2.05) is 0 Å². The first-order chi connectivity index (χ1) is 27.6. The van der Waals surface area contributed by atoms with Gasteiger partial charge < -0.3 is 29.4 Å². The highest BCUT2D eigenvalue weighted by Crippen LogP contribution is 2.48. The van der Waals surface area contributed by atoms with Crippen LogP contribution in [0.4, 0.5) is 27.6 Å². The molecular weight excluding hydrogens is 773 g/mol. The van der Waals surface area contributed by atoms with Gasteiger partial charge in [0.25, 0.3) is 11.5 Å². The Morgan fingerprint density at radius 2 is 1.76 bits per heavy atom. The topological polar surface area (TPSA) is 169 Å². The highest BCUT2D eigenvalue weighted by atomic mass is 19.4. The van der Waals surface area contributed by atoms with E-state index in [1.165, 1.54) is 34.9 Å². The van der Waals surface area contributed by atoms with Crippen molar-refractivity contribution in [1.82, 2.24) is 38.9 Å². The summed E-state index contributed by atoms with van der Waals surface area (Å²) in [7, 11) is 0. The highest BCUT2D eigenvalue weighted by molar-refractivity contribution is 5.95. The molecule has 2 amide bonds. The Bertz CT molecular complexity index is 2510. The Morgan fingerprint density at radius 1 is 1.02 bits per heavy atom. The second kappa shape index (κ2) is 14.8. The summed E-state index contributed by atoms with van der Waals surface area (Å²) in [6.07, 6.45) is -4.29. The molecule has 0 bridgehead atoms. The van der Waals surface area contributed by atoms with Crippen molar-refractivity contribution in [2.24, 2.45) is 0 Å². The van der Waals surface area contributed by atoms with E-state index >= 15 is 4.39 Å². The number of carbonyl (C=O) groups excluding carboxylic acids is 2. The van der Waals surface area contributed by atoms with Crippen LogP contribution in [0.15, 0.2) is 47.5 Å². The van der Waals surface area contributed by atoms with Gasteiger partial charge in [0, 0.05) is 32.7 Å². The summed E-state index contributed by atoms with van der Waals surface area (Å²) in [5.41, 5.74) is -2.66. The molecule has 6 heterocycles. The molecule has 2 fully saturated rings. The zero-order valence-corrected chi connectivity index (χ0v) is 31.1. The Labute approximate surface area is 326 Å². The minimum atomic E-state index is -4.81. The maximum atomic E-state index is 15.8. The minimum Gasteiger partial charge on any atom is -0.504 e. The minimum absolute atomic E-state index is 0.0224. The van der Waals surface area contributed by atoms with E-state index in [2.05, 4.69) is 30.3 Å². The van der Waals surface area contributed by atoms with Crippen LogP contribution in [0.2, 0.25) is 0 Å². The van der Waals surface area contributed by atoms with Gasteiger partial charge in [-0.2, -0.15) is 22.7 Å². The lowest BCUT2D eigenvalue weighted by molar-refractivity contribution is -0.137. The average Bonchev–Trinajstić information content (AvgIpc) is 3.75. The fraction of sp³-hybridized carbons (Fsp3) is 0.395. The molecule has 3 aromatic heterocycles. The summed E-state index contributed by atoms with van der Waals surface area (Å²) in [6.45, 7) is 5.69. The van der Waals surface area contributed by atoms with E-state index in [0.29, 0.717) is 44.5 Å². The van der Waals surface area contributed by atoms with Gasteiger partial charge in [0.05, 0.1) is 53.1 Å². The normalized spacial score (nSPS) is 18.2. The molecule has 8 rings (SSSR count). The van der Waals surface area contributed by atoms with Crippen molar-refractivity contribution in [2.75, 3.05) is 44.7 Å². The molecule has 2 aromatic carbocycles. The second-order valence-electron chi connectivity index (χ2n) is 14.4. The lowest BCUT2D eigenvalue weighted by Gasteiger charge is -2.39. The molecule has 1 atom stereocenters. The molecule has 0 aliphatic carbocycles. The zero-order valence-electron chi connectivity index (χ0n) is 31.1. The maximum absolute atomic E-state index is 15.8. The van der Waals surface area contributed by atoms with Gasteiger partial charge in [-0.3, -0.25) is 19.3 Å². The maximum Gasteiger partial charge on any atom is 0.416 e. The van der Waals surface area contributed by atoms with Crippen molar-refractivity contribution >= 4 is 23.3 Å². The number of aromatic nitrogens is 6. The molecule has 20 heteroatoms. The lowest BCUT2D eigenvalue weighted by Crippen LogP contribution is -2.47. The molecule has 15 nitrogen and oxygen atoms in total. The zero-order chi connectivity index (χ0) is 41.1. The Morgan fingerprint density at radius 3 is 2.45 bits per heavy atom. The molecule has 58 heavy (non-hydrogen) atoms. The molecule has 1 spiro atoms. The number of nitrogens with zero attached hydrogens (tertiary/aromatic N) is 8. The first kappa shape index (κ1) is 39.0. The monoisotopic (exact) mass is 809 g/mol. The van der Waals surface area contributed by atoms with Gasteiger partial charge in [-0.25, -0.2) is 18.7 Å². The van der Waals surface area contributed by atoms with Gasteiger partial charge in [0.2, 0.25) is 11.7 Å². The van der Waals surface area contributed by atoms with Crippen LogP contribution < -0.4 is 10.9 Å². The molecule has 0 saturated carbocycles. The number of aryl methyl sites for hydroxylation is 1. The van der Waals surface area contributed by atoms with E-state index in [4.69, 9.17) is 9.47 Å². The van der Waals surface area contributed by atoms with Gasteiger partial charge in [0.1, 0.15) is 30.1 Å². The van der Waals surface area contributed by atoms with Crippen molar-refractivity contribution in [1.29, 1.82) is 0 Å². The molecule has 1 unspecified atom stereocenters. The summed E-state index contributed by atoms with van der Waals surface area (Å²) in [6, 6.07) is 6.27. The van der Waals surface area contributed by atoms with Crippen molar-refractivity contribution < 1.29 is 46.1 Å². The quantitative estimate of drug-likeness (QED) is 0.224. The third-order valence-electron chi connectivity index (χ3n) is 10.8. The number of nitrogens with one attached hydrogen (secondary N) is 1. The number of hydrogen-bond donors (Lipinski definition) is 2. The van der Waals surface area contributed by atoms with E-state index in [9.17, 15) is 37.1 Å². The van der Waals surface area contributed by atoms with Crippen LogP contribution in [0, 0.1) is 18.6 Å². The summed E-state index contributed by atoms with van der Waals surface area (Å²) in [4.78, 5) is 57.5. The molecule has 3 aliphatic heterocycles. The predicted molar refractivity (Wildman–Crippen MR) is 194 cm³/mol. The van der Waals surface area contributed by atoms with Crippen LogP contribution in [-0.2, 0) is 39.1 Å². The number of anilines is 1. The summed E-state index contributed by atoms with van der Waals surface area (Å²) >= 11 is 0. The largest absolute Gasteiger partial charge is 0.504 e. The number of alkyl halides is 3. The average molecular weight is 810 g/mol. The van der Waals surface area contributed by atoms with Crippen LogP contribution in [0.3, 0.4) is 0 Å². The van der Waals surface area contributed by atoms with E-state index < -0.39 is 64.7 Å². The first-order valence-corrected chi connectivity index (χ1v) is 18.4. The van der Waals surface area contributed by atoms with Crippen molar-refractivity contribution in [3.63, 3.8) is 0 Å². The summed E-state index contributed by atoms with van der Waals surface area (Å²) in [5.74, 6) is -4.10. The SMILES string of the molecule is Cc1ncnc(C(=O)N2CCC3(CC2)OC(C)c2c3c(=O)n3nc(-c4ccc(CN5CCOCC5)cc4F)nc3n2CC(=O)Nc2ccc(C(F)(F)F)cc2F)c1O. The van der Waals surface area contributed by atoms with Crippen LogP contribution in [0.1, 0.15) is 64.4 Å². The van der Waals surface area contributed by atoms with Crippen LogP contribution in [-0.4, -0.2) is 95.2 Å².